The quantitative estimate of drug-likeness (QED) is 0.130. The number of methoxy groups -OCH3 is 1. The molecule has 4 atom stereocenters. The smallest absolute Gasteiger partial charge is 0.410 e. The fraction of sp³-hybridized carbons (Fsp3) is 0.348. The number of nitrogens with one attached hydrogen (secondary N) is 3. The molecule has 5 heterocycles. The first-order valence-corrected chi connectivity index (χ1v) is 20.4. The van der Waals surface area contributed by atoms with Crippen LogP contribution < -0.4 is 5.32 Å². The van der Waals surface area contributed by atoms with Crippen LogP contribution in [0.4, 0.5) is 9.59 Å². The molecule has 2 aromatic heterocycles. The average molecular weight is 809 g/mol. The number of likely N-dealkylation sites (tertiary alicyclic amines) is 2. The second kappa shape index (κ2) is 17.5. The molecule has 3 aromatic carbocycles. The normalized spacial score (nSPS) is 18.5. The number of aromatic nitrogens is 4. The van der Waals surface area contributed by atoms with Crippen LogP contribution in [0.25, 0.3) is 22.5 Å². The summed E-state index contributed by atoms with van der Waals surface area (Å²) in [6.07, 6.45) is 5.70. The van der Waals surface area contributed by atoms with Gasteiger partial charge in [0.15, 0.2) is 0 Å². The van der Waals surface area contributed by atoms with Crippen LogP contribution in [-0.2, 0) is 19.1 Å². The molecule has 4 unspecified atom stereocenters. The van der Waals surface area contributed by atoms with E-state index in [-0.39, 0.29) is 36.4 Å². The van der Waals surface area contributed by atoms with E-state index in [2.05, 4.69) is 32.1 Å². The molecule has 0 spiro atoms. The standard InChI is InChI=1S/C46H48N8O6/c1-29(2)39(51-45(57)59-3)43(55)52-23-7-11-37(52)41-47-27-35(49-41)32-19-15-30(16-20-32)13-14-31-17-21-33(22-18-31)36-28-48-42(50-36)38-12-8-24-53(38)44(56)40(34-9-5-4-6-10-34)54-25-26-60-46(54)58/h4-6,9-10,15-22,27-29,37-40H,7-8,11-12,23-26H2,1-3H3,(H,47,49)(H,48,50)(H,51,57). The van der Waals surface area contributed by atoms with E-state index in [4.69, 9.17) is 14.5 Å². The number of nitrogens with zero attached hydrogens (tertiary/aromatic N) is 5. The third kappa shape index (κ3) is 8.34. The first-order chi connectivity index (χ1) is 29.2. The van der Waals surface area contributed by atoms with E-state index in [1.807, 2.05) is 97.6 Å². The number of H-pyrrole nitrogens is 2. The lowest BCUT2D eigenvalue weighted by Crippen LogP contribution is -2.51. The molecule has 0 radical (unpaired) electrons. The summed E-state index contributed by atoms with van der Waals surface area (Å²) in [6, 6.07) is 23.4. The minimum atomic E-state index is -0.760. The minimum Gasteiger partial charge on any atom is -0.453 e. The number of carbonyl (C=O) groups is 4. The Labute approximate surface area is 348 Å². The Morgan fingerprint density at radius 1 is 0.767 bits per heavy atom. The molecule has 0 aliphatic carbocycles. The largest absolute Gasteiger partial charge is 0.453 e. The Balaban J connectivity index is 0.902. The van der Waals surface area contributed by atoms with Gasteiger partial charge in [-0.15, -0.1) is 0 Å². The van der Waals surface area contributed by atoms with Gasteiger partial charge < -0.3 is 34.6 Å². The predicted molar refractivity (Wildman–Crippen MR) is 223 cm³/mol. The van der Waals surface area contributed by atoms with Crippen molar-refractivity contribution in [2.45, 2.75) is 63.7 Å². The van der Waals surface area contributed by atoms with Crippen LogP contribution in [-0.4, -0.2) is 98.0 Å². The zero-order valence-electron chi connectivity index (χ0n) is 33.9. The van der Waals surface area contributed by atoms with Gasteiger partial charge in [-0.3, -0.25) is 14.5 Å². The molecular weight excluding hydrogens is 761 g/mol. The first-order valence-electron chi connectivity index (χ1n) is 20.4. The van der Waals surface area contributed by atoms with Crippen LogP contribution in [0.3, 0.4) is 0 Å². The maximum atomic E-state index is 14.2. The highest BCUT2D eigenvalue weighted by molar-refractivity contribution is 5.88. The van der Waals surface area contributed by atoms with Crippen LogP contribution in [0.15, 0.2) is 91.3 Å². The lowest BCUT2D eigenvalue weighted by Gasteiger charge is -2.32. The summed E-state index contributed by atoms with van der Waals surface area (Å²) in [5, 5.41) is 2.69. The summed E-state index contributed by atoms with van der Waals surface area (Å²) < 4.78 is 9.97. The van der Waals surface area contributed by atoms with Crippen LogP contribution in [0, 0.1) is 17.8 Å². The van der Waals surface area contributed by atoms with Gasteiger partial charge in [0.05, 0.1) is 49.5 Å². The molecule has 3 fully saturated rings. The number of rotatable bonds is 10. The molecular formula is C46H48N8O6. The number of ether oxygens (including phenoxy) is 2. The average Bonchev–Trinajstić information content (AvgIpc) is 4.13. The van der Waals surface area contributed by atoms with Crippen molar-refractivity contribution < 1.29 is 28.7 Å². The Kier molecular flexibility index (Phi) is 11.7. The number of cyclic esters (lactones) is 1. The van der Waals surface area contributed by atoms with E-state index in [1.54, 1.807) is 17.3 Å². The van der Waals surface area contributed by atoms with Crippen LogP contribution in [0.1, 0.15) is 86.0 Å². The number of hydrogen-bond acceptors (Lipinski definition) is 8. The van der Waals surface area contributed by atoms with Gasteiger partial charge in [-0.2, -0.15) is 0 Å². The number of imidazole rings is 2. The van der Waals surface area contributed by atoms with Crippen LogP contribution in [0.2, 0.25) is 0 Å². The lowest BCUT2D eigenvalue weighted by molar-refractivity contribution is -0.137. The van der Waals surface area contributed by atoms with Gasteiger partial charge in [0.2, 0.25) is 5.91 Å². The third-order valence-electron chi connectivity index (χ3n) is 11.5. The Morgan fingerprint density at radius 3 is 1.78 bits per heavy atom. The van der Waals surface area contributed by atoms with Crippen LogP contribution >= 0.6 is 0 Å². The van der Waals surface area contributed by atoms with Gasteiger partial charge in [-0.05, 0) is 72.6 Å². The molecule has 3 aliphatic rings. The topological polar surface area (TPSA) is 166 Å². The van der Waals surface area contributed by atoms with Crippen molar-refractivity contribution in [1.82, 2.24) is 40.0 Å². The minimum absolute atomic E-state index is 0.108. The first kappa shape index (κ1) is 39.9. The molecule has 308 valence electrons. The molecule has 3 N–H and O–H groups in total. The predicted octanol–water partition coefficient (Wildman–Crippen LogP) is 6.77. The van der Waals surface area contributed by atoms with Gasteiger partial charge in [0.1, 0.15) is 30.3 Å². The fourth-order valence-electron chi connectivity index (χ4n) is 8.31. The summed E-state index contributed by atoms with van der Waals surface area (Å²) in [6.45, 7) is 5.58. The molecule has 14 heteroatoms. The SMILES string of the molecule is COC(=O)NC(C(=O)N1CCCC1c1ncc(-c2ccc(C#Cc3ccc(-c4cnc(C5CCCN5C(=O)C(c5ccccc5)N5CCOC5=O)[nH]4)cc3)cc2)[nH]1)C(C)C. The van der Waals surface area contributed by atoms with E-state index >= 15 is 0 Å². The van der Waals surface area contributed by atoms with Crippen molar-refractivity contribution in [3.63, 3.8) is 0 Å². The van der Waals surface area contributed by atoms with Crippen molar-refractivity contribution in [2.24, 2.45) is 5.92 Å². The highest BCUT2D eigenvalue weighted by atomic mass is 16.6. The molecule has 60 heavy (non-hydrogen) atoms. The summed E-state index contributed by atoms with van der Waals surface area (Å²) in [5.74, 6) is 7.55. The number of benzene rings is 3. The second-order valence-electron chi connectivity index (χ2n) is 15.6. The van der Waals surface area contributed by atoms with Gasteiger partial charge in [-0.1, -0.05) is 80.3 Å². The lowest BCUT2D eigenvalue weighted by atomic mass is 10.0. The van der Waals surface area contributed by atoms with Crippen molar-refractivity contribution >= 4 is 24.0 Å². The van der Waals surface area contributed by atoms with E-state index in [0.717, 1.165) is 64.9 Å². The van der Waals surface area contributed by atoms with Gasteiger partial charge in [-0.25, -0.2) is 19.6 Å². The molecule has 0 saturated carbocycles. The third-order valence-corrected chi connectivity index (χ3v) is 11.5. The number of hydrogen-bond donors (Lipinski definition) is 3. The number of alkyl carbamates (subject to hydrolysis) is 1. The van der Waals surface area contributed by atoms with Gasteiger partial charge in [0.25, 0.3) is 5.91 Å². The second-order valence-corrected chi connectivity index (χ2v) is 15.6. The van der Waals surface area contributed by atoms with Gasteiger partial charge in [0, 0.05) is 24.2 Å². The van der Waals surface area contributed by atoms with E-state index in [1.165, 1.54) is 12.0 Å². The number of amides is 4. The van der Waals surface area contributed by atoms with Gasteiger partial charge >= 0.3 is 12.2 Å². The van der Waals surface area contributed by atoms with Crippen molar-refractivity contribution in [3.05, 3.63) is 120 Å². The molecule has 3 saturated heterocycles. The Bertz CT molecular complexity index is 2400. The van der Waals surface area contributed by atoms with E-state index in [9.17, 15) is 19.2 Å². The zero-order valence-corrected chi connectivity index (χ0v) is 33.9. The molecule has 8 rings (SSSR count). The molecule has 3 aliphatic heterocycles. The Morgan fingerprint density at radius 2 is 1.30 bits per heavy atom. The van der Waals surface area contributed by atoms with Crippen LogP contribution in [0.5, 0.6) is 0 Å². The monoisotopic (exact) mass is 808 g/mol. The molecule has 14 nitrogen and oxygen atoms in total. The zero-order chi connectivity index (χ0) is 41.8. The maximum absolute atomic E-state index is 14.2. The maximum Gasteiger partial charge on any atom is 0.410 e. The molecule has 0 bridgehead atoms. The van der Waals surface area contributed by atoms with Crippen molar-refractivity contribution in [3.8, 4) is 34.4 Å². The number of carbonyl (C=O) groups excluding carboxylic acids is 4. The summed E-state index contributed by atoms with van der Waals surface area (Å²) >= 11 is 0. The van der Waals surface area contributed by atoms with Crippen molar-refractivity contribution in [1.29, 1.82) is 0 Å². The summed E-state index contributed by atoms with van der Waals surface area (Å²) in [7, 11) is 1.29. The number of aromatic amines is 2. The summed E-state index contributed by atoms with van der Waals surface area (Å²) in [5.41, 5.74) is 6.05. The van der Waals surface area contributed by atoms with Crippen molar-refractivity contribution in [2.75, 3.05) is 33.4 Å². The summed E-state index contributed by atoms with van der Waals surface area (Å²) in [4.78, 5) is 73.6. The highest BCUT2D eigenvalue weighted by Gasteiger charge is 2.42. The Hall–Kier alpha value is -6.88. The molecule has 4 amide bonds. The van der Waals surface area contributed by atoms with E-state index < -0.39 is 24.3 Å². The highest BCUT2D eigenvalue weighted by Crippen LogP contribution is 2.37. The fourth-order valence-corrected chi connectivity index (χ4v) is 8.31. The molecule has 5 aromatic rings. The van der Waals surface area contributed by atoms with E-state index in [0.29, 0.717) is 31.3 Å².